The lowest BCUT2D eigenvalue weighted by Crippen LogP contribution is -2.43. The number of anilines is 1. The Morgan fingerprint density at radius 1 is 1.26 bits per heavy atom. The van der Waals surface area contributed by atoms with Crippen LogP contribution >= 0.6 is 0 Å². The highest BCUT2D eigenvalue weighted by Gasteiger charge is 2.52. The van der Waals surface area contributed by atoms with E-state index in [1.54, 1.807) is 19.1 Å². The van der Waals surface area contributed by atoms with Gasteiger partial charge >= 0.3 is 6.18 Å². The lowest BCUT2D eigenvalue weighted by atomic mass is 9.91. The van der Waals surface area contributed by atoms with E-state index in [0.717, 1.165) is 31.4 Å². The maximum absolute atomic E-state index is 12.7. The van der Waals surface area contributed by atoms with Gasteiger partial charge in [0.1, 0.15) is 5.41 Å². The normalized spacial score (nSPS) is 12.4. The molecule has 1 N–H and O–H groups in total. The van der Waals surface area contributed by atoms with Crippen LogP contribution in [0.3, 0.4) is 0 Å². The van der Waals surface area contributed by atoms with Crippen LogP contribution in [0.2, 0.25) is 0 Å². The van der Waals surface area contributed by atoms with Crippen LogP contribution < -0.4 is 5.32 Å². The summed E-state index contributed by atoms with van der Waals surface area (Å²) in [6.45, 7) is 5.49. The van der Waals surface area contributed by atoms with Gasteiger partial charge in [0.25, 0.3) is 0 Å². The molecule has 0 saturated heterocycles. The first kappa shape index (κ1) is 15.5. The summed E-state index contributed by atoms with van der Waals surface area (Å²) in [6.07, 6.45) is -3.74. The molecule has 1 aromatic carbocycles. The van der Waals surface area contributed by atoms with Crippen LogP contribution in [0.5, 0.6) is 0 Å². The zero-order chi connectivity index (χ0) is 14.8. The SMILES string of the molecule is CCc1ccc(NC(=O)C(C)(C)C(F)(F)F)c(C)c1. The molecular formula is C14H18F3NO. The number of nitrogens with one attached hydrogen (secondary N) is 1. The predicted octanol–water partition coefficient (Wildman–Crippen LogP) is 4.08. The smallest absolute Gasteiger partial charge is 0.325 e. The molecule has 1 aromatic rings. The fourth-order valence-corrected chi connectivity index (χ4v) is 1.49. The minimum absolute atomic E-state index is 0.416. The van der Waals surface area contributed by atoms with Gasteiger partial charge in [0.05, 0.1) is 0 Å². The van der Waals surface area contributed by atoms with E-state index >= 15 is 0 Å². The third-order valence-electron chi connectivity index (χ3n) is 3.22. The van der Waals surface area contributed by atoms with Crippen molar-refractivity contribution in [3.8, 4) is 0 Å². The molecule has 1 rings (SSSR count). The van der Waals surface area contributed by atoms with Gasteiger partial charge in [0.15, 0.2) is 0 Å². The number of carbonyl (C=O) groups is 1. The molecule has 0 bridgehead atoms. The molecule has 19 heavy (non-hydrogen) atoms. The molecule has 2 nitrogen and oxygen atoms in total. The van der Waals surface area contributed by atoms with Gasteiger partial charge in [-0.05, 0) is 44.4 Å². The maximum Gasteiger partial charge on any atom is 0.402 e. The van der Waals surface area contributed by atoms with Gasteiger partial charge in [0.2, 0.25) is 5.91 Å². The van der Waals surface area contributed by atoms with Gasteiger partial charge < -0.3 is 5.32 Å². The molecule has 106 valence electrons. The summed E-state index contributed by atoms with van der Waals surface area (Å²) in [5, 5.41) is 2.35. The van der Waals surface area contributed by atoms with Crippen LogP contribution in [0.25, 0.3) is 0 Å². The Bertz CT molecular complexity index is 478. The summed E-state index contributed by atoms with van der Waals surface area (Å²) in [5.74, 6) is -1.05. The summed E-state index contributed by atoms with van der Waals surface area (Å²) in [6, 6.07) is 5.29. The summed E-state index contributed by atoms with van der Waals surface area (Å²) >= 11 is 0. The lowest BCUT2D eigenvalue weighted by molar-refractivity contribution is -0.208. The Morgan fingerprint density at radius 2 is 1.84 bits per heavy atom. The average molecular weight is 273 g/mol. The third-order valence-corrected chi connectivity index (χ3v) is 3.22. The first-order valence-corrected chi connectivity index (χ1v) is 6.07. The fourth-order valence-electron chi connectivity index (χ4n) is 1.49. The Balaban J connectivity index is 2.95. The highest BCUT2D eigenvalue weighted by Crippen LogP contribution is 2.38. The number of rotatable bonds is 3. The van der Waals surface area contributed by atoms with Crippen molar-refractivity contribution in [1.29, 1.82) is 0 Å². The molecule has 0 atom stereocenters. The first-order valence-electron chi connectivity index (χ1n) is 6.07. The monoisotopic (exact) mass is 273 g/mol. The number of aryl methyl sites for hydroxylation is 2. The molecule has 0 aliphatic heterocycles. The zero-order valence-corrected chi connectivity index (χ0v) is 11.5. The second kappa shape index (κ2) is 5.23. The van der Waals surface area contributed by atoms with E-state index in [4.69, 9.17) is 0 Å². The number of hydrogen-bond donors (Lipinski definition) is 1. The molecule has 0 unspecified atom stereocenters. The Hall–Kier alpha value is -1.52. The molecule has 0 radical (unpaired) electrons. The Morgan fingerprint density at radius 3 is 2.26 bits per heavy atom. The van der Waals surface area contributed by atoms with Gasteiger partial charge in [0, 0.05) is 5.69 Å². The predicted molar refractivity (Wildman–Crippen MR) is 69.0 cm³/mol. The van der Waals surface area contributed by atoms with Gasteiger partial charge in [-0.15, -0.1) is 0 Å². The lowest BCUT2D eigenvalue weighted by Gasteiger charge is -2.26. The Labute approximate surface area is 111 Å². The number of amides is 1. The van der Waals surface area contributed by atoms with Crippen molar-refractivity contribution >= 4 is 11.6 Å². The van der Waals surface area contributed by atoms with Crippen molar-refractivity contribution in [2.24, 2.45) is 5.41 Å². The molecule has 1 amide bonds. The molecule has 0 heterocycles. The van der Waals surface area contributed by atoms with Crippen molar-refractivity contribution in [1.82, 2.24) is 0 Å². The zero-order valence-electron chi connectivity index (χ0n) is 11.5. The maximum atomic E-state index is 12.7. The number of halogens is 3. The van der Waals surface area contributed by atoms with E-state index in [1.807, 2.05) is 13.0 Å². The van der Waals surface area contributed by atoms with Crippen molar-refractivity contribution in [3.63, 3.8) is 0 Å². The van der Waals surface area contributed by atoms with E-state index in [0.29, 0.717) is 5.69 Å². The minimum Gasteiger partial charge on any atom is -0.325 e. The van der Waals surface area contributed by atoms with Crippen LogP contribution in [0, 0.1) is 12.3 Å². The van der Waals surface area contributed by atoms with E-state index in [-0.39, 0.29) is 0 Å². The van der Waals surface area contributed by atoms with Crippen LogP contribution in [0.4, 0.5) is 18.9 Å². The third kappa shape index (κ3) is 3.28. The topological polar surface area (TPSA) is 29.1 Å². The molecule has 0 fully saturated rings. The summed E-state index contributed by atoms with van der Waals surface area (Å²) in [7, 11) is 0. The standard InChI is InChI=1S/C14H18F3NO/c1-5-10-6-7-11(9(2)8-10)18-12(19)13(3,4)14(15,16)17/h6-8H,5H2,1-4H3,(H,18,19). The van der Waals surface area contributed by atoms with Crippen molar-refractivity contribution in [2.45, 2.75) is 40.3 Å². The van der Waals surface area contributed by atoms with E-state index in [2.05, 4.69) is 5.32 Å². The van der Waals surface area contributed by atoms with Gasteiger partial charge in [-0.2, -0.15) is 13.2 Å². The van der Waals surface area contributed by atoms with Crippen LogP contribution in [0.1, 0.15) is 31.9 Å². The van der Waals surface area contributed by atoms with Crippen molar-refractivity contribution in [2.75, 3.05) is 5.32 Å². The summed E-state index contributed by atoms with van der Waals surface area (Å²) in [5.41, 5.74) is -0.168. The Kier molecular flexibility index (Phi) is 4.28. The highest BCUT2D eigenvalue weighted by atomic mass is 19.4. The number of benzene rings is 1. The quantitative estimate of drug-likeness (QED) is 0.883. The van der Waals surface area contributed by atoms with E-state index in [9.17, 15) is 18.0 Å². The van der Waals surface area contributed by atoms with Gasteiger partial charge in [-0.1, -0.05) is 19.1 Å². The van der Waals surface area contributed by atoms with Crippen LogP contribution in [-0.2, 0) is 11.2 Å². The minimum atomic E-state index is -4.58. The van der Waals surface area contributed by atoms with Crippen molar-refractivity contribution < 1.29 is 18.0 Å². The van der Waals surface area contributed by atoms with E-state index in [1.165, 1.54) is 0 Å². The molecule has 0 aliphatic carbocycles. The average Bonchev–Trinajstić information content (AvgIpc) is 2.30. The highest BCUT2D eigenvalue weighted by molar-refractivity contribution is 5.96. The van der Waals surface area contributed by atoms with Crippen LogP contribution in [-0.4, -0.2) is 12.1 Å². The van der Waals surface area contributed by atoms with Crippen molar-refractivity contribution in [3.05, 3.63) is 29.3 Å². The summed E-state index contributed by atoms with van der Waals surface area (Å²) in [4.78, 5) is 11.8. The molecular weight excluding hydrogens is 255 g/mol. The molecule has 0 spiro atoms. The number of carbonyl (C=O) groups excluding carboxylic acids is 1. The first-order chi connectivity index (χ1) is 8.59. The molecule has 5 heteroatoms. The van der Waals surface area contributed by atoms with E-state index < -0.39 is 17.5 Å². The number of alkyl halides is 3. The molecule has 0 aromatic heterocycles. The van der Waals surface area contributed by atoms with Gasteiger partial charge in [-0.3, -0.25) is 4.79 Å². The molecule has 0 saturated carbocycles. The fraction of sp³-hybridized carbons (Fsp3) is 0.500. The second-order valence-corrected chi connectivity index (χ2v) is 5.08. The van der Waals surface area contributed by atoms with Gasteiger partial charge in [-0.25, -0.2) is 0 Å². The largest absolute Gasteiger partial charge is 0.402 e. The van der Waals surface area contributed by atoms with Crippen LogP contribution in [0.15, 0.2) is 18.2 Å². The second-order valence-electron chi connectivity index (χ2n) is 5.08. The number of hydrogen-bond acceptors (Lipinski definition) is 1. The molecule has 0 aliphatic rings. The summed E-state index contributed by atoms with van der Waals surface area (Å²) < 4.78 is 38.2.